The average molecular weight is 329 g/mol. The lowest BCUT2D eigenvalue weighted by atomic mass is 9.99. The van der Waals surface area contributed by atoms with Gasteiger partial charge in [-0.3, -0.25) is 0 Å². The number of benzene rings is 1. The number of aromatic nitrogens is 2. The molecule has 1 aromatic heterocycles. The number of ether oxygens (including phenoxy) is 1. The van der Waals surface area contributed by atoms with Gasteiger partial charge in [0.2, 0.25) is 0 Å². The third-order valence-corrected chi connectivity index (χ3v) is 4.83. The molecule has 1 aliphatic rings. The molecule has 1 aromatic carbocycles. The Hall–Kier alpha value is -1.88. The van der Waals surface area contributed by atoms with Crippen LogP contribution < -0.4 is 10.5 Å². The van der Waals surface area contributed by atoms with E-state index in [9.17, 15) is 0 Å². The van der Waals surface area contributed by atoms with Crippen LogP contribution in [0.3, 0.4) is 0 Å². The van der Waals surface area contributed by atoms with E-state index in [0.717, 1.165) is 31.4 Å². The molecule has 0 aliphatic heterocycles. The van der Waals surface area contributed by atoms with Crippen molar-refractivity contribution in [2.45, 2.75) is 70.9 Å². The second kappa shape index (κ2) is 6.55. The molecule has 1 atom stereocenters. The van der Waals surface area contributed by atoms with Gasteiger partial charge in [-0.15, -0.1) is 0 Å². The first-order chi connectivity index (χ1) is 11.4. The summed E-state index contributed by atoms with van der Waals surface area (Å²) in [6.45, 7) is 8.31. The van der Waals surface area contributed by atoms with Gasteiger partial charge in [-0.25, -0.2) is 0 Å². The quantitative estimate of drug-likeness (QED) is 0.881. The summed E-state index contributed by atoms with van der Waals surface area (Å²) in [5, 5.41) is 4.12. The molecule has 1 unspecified atom stereocenters. The van der Waals surface area contributed by atoms with E-state index in [4.69, 9.17) is 15.0 Å². The highest BCUT2D eigenvalue weighted by atomic mass is 16.5. The molecule has 130 valence electrons. The van der Waals surface area contributed by atoms with Crippen molar-refractivity contribution in [1.82, 2.24) is 10.1 Å². The molecule has 24 heavy (non-hydrogen) atoms. The molecule has 1 saturated carbocycles. The standard InChI is InChI=1S/C19H27N3O2/c1-12(2)15-8-7-13(3)11-16(15)23-14(4)17-21-18(22-24-17)19(20)9-5-6-10-19/h7-8,11-12,14H,5-6,9-10,20H2,1-4H3. The maximum atomic E-state index is 6.40. The van der Waals surface area contributed by atoms with Crippen LogP contribution in [0.25, 0.3) is 0 Å². The summed E-state index contributed by atoms with van der Waals surface area (Å²) in [5.74, 6) is 2.36. The Balaban J connectivity index is 1.80. The minimum atomic E-state index is -0.437. The average Bonchev–Trinajstić information content (AvgIpc) is 3.16. The molecule has 1 aliphatic carbocycles. The summed E-state index contributed by atoms with van der Waals surface area (Å²) in [5.41, 5.74) is 8.31. The number of hydrogen-bond acceptors (Lipinski definition) is 5. The summed E-state index contributed by atoms with van der Waals surface area (Å²) in [6, 6.07) is 6.29. The Labute approximate surface area is 143 Å². The van der Waals surface area contributed by atoms with Gasteiger partial charge in [0.05, 0.1) is 5.54 Å². The maximum absolute atomic E-state index is 6.40. The summed E-state index contributed by atoms with van der Waals surface area (Å²) in [4.78, 5) is 4.53. The van der Waals surface area contributed by atoms with E-state index in [-0.39, 0.29) is 6.10 Å². The molecule has 1 heterocycles. The number of nitrogens with two attached hydrogens (primary N) is 1. The summed E-state index contributed by atoms with van der Waals surface area (Å²) in [6.07, 6.45) is 3.75. The normalized spacial score (nSPS) is 18.1. The highest BCUT2D eigenvalue weighted by molar-refractivity contribution is 5.39. The van der Waals surface area contributed by atoms with Gasteiger partial charge in [0, 0.05) is 0 Å². The van der Waals surface area contributed by atoms with Gasteiger partial charge < -0.3 is 15.0 Å². The maximum Gasteiger partial charge on any atom is 0.267 e. The largest absolute Gasteiger partial charge is 0.481 e. The Morgan fingerprint density at radius 2 is 1.92 bits per heavy atom. The Morgan fingerprint density at radius 3 is 2.58 bits per heavy atom. The van der Waals surface area contributed by atoms with Crippen LogP contribution in [-0.2, 0) is 5.54 Å². The molecular formula is C19H27N3O2. The highest BCUT2D eigenvalue weighted by Crippen LogP contribution is 2.36. The van der Waals surface area contributed by atoms with Crippen LogP contribution >= 0.6 is 0 Å². The van der Waals surface area contributed by atoms with E-state index in [1.807, 2.05) is 6.92 Å². The summed E-state index contributed by atoms with van der Waals surface area (Å²) in [7, 11) is 0. The SMILES string of the molecule is Cc1ccc(C(C)C)c(OC(C)c2nc(C3(N)CCCC3)no2)c1. The van der Waals surface area contributed by atoms with Crippen molar-refractivity contribution in [3.05, 3.63) is 41.0 Å². The molecule has 5 nitrogen and oxygen atoms in total. The zero-order chi connectivity index (χ0) is 17.3. The van der Waals surface area contributed by atoms with Crippen LogP contribution in [0, 0.1) is 6.92 Å². The zero-order valence-electron chi connectivity index (χ0n) is 15.0. The van der Waals surface area contributed by atoms with Gasteiger partial charge in [0.15, 0.2) is 11.9 Å². The van der Waals surface area contributed by atoms with Crippen molar-refractivity contribution in [1.29, 1.82) is 0 Å². The molecule has 2 N–H and O–H groups in total. The molecule has 0 bridgehead atoms. The topological polar surface area (TPSA) is 74.2 Å². The van der Waals surface area contributed by atoms with Gasteiger partial charge in [-0.2, -0.15) is 4.98 Å². The fourth-order valence-electron chi connectivity index (χ4n) is 3.29. The van der Waals surface area contributed by atoms with Crippen molar-refractivity contribution in [2.24, 2.45) is 5.73 Å². The fraction of sp³-hybridized carbons (Fsp3) is 0.579. The highest BCUT2D eigenvalue weighted by Gasteiger charge is 2.36. The third kappa shape index (κ3) is 3.31. The van der Waals surface area contributed by atoms with Crippen LogP contribution in [0.1, 0.15) is 81.3 Å². The summed E-state index contributed by atoms with van der Waals surface area (Å²) < 4.78 is 11.6. The summed E-state index contributed by atoms with van der Waals surface area (Å²) >= 11 is 0. The lowest BCUT2D eigenvalue weighted by Crippen LogP contribution is -2.34. The second-order valence-corrected chi connectivity index (χ2v) is 7.28. The van der Waals surface area contributed by atoms with Gasteiger partial charge in [-0.1, -0.05) is 44.0 Å². The van der Waals surface area contributed by atoms with Crippen LogP contribution in [0.5, 0.6) is 5.75 Å². The molecular weight excluding hydrogens is 302 g/mol. The van der Waals surface area contributed by atoms with Crippen LogP contribution in [0.15, 0.2) is 22.7 Å². The van der Waals surface area contributed by atoms with Crippen molar-refractivity contribution in [2.75, 3.05) is 0 Å². The predicted molar refractivity (Wildman–Crippen MR) is 92.9 cm³/mol. The van der Waals surface area contributed by atoms with Crippen LogP contribution in [-0.4, -0.2) is 10.1 Å². The molecule has 0 amide bonds. The predicted octanol–water partition coefficient (Wildman–Crippen LogP) is 4.37. The molecule has 2 aromatic rings. The number of nitrogens with zero attached hydrogens (tertiary/aromatic N) is 2. The monoisotopic (exact) mass is 329 g/mol. The van der Waals surface area contributed by atoms with Gasteiger partial charge in [-0.05, 0) is 49.8 Å². The molecule has 0 spiro atoms. The first kappa shape index (κ1) is 17.0. The smallest absolute Gasteiger partial charge is 0.267 e. The van der Waals surface area contributed by atoms with Gasteiger partial charge in [0.1, 0.15) is 5.75 Å². The Kier molecular flexibility index (Phi) is 4.63. The van der Waals surface area contributed by atoms with Crippen molar-refractivity contribution in [3.8, 4) is 5.75 Å². The van der Waals surface area contributed by atoms with Crippen molar-refractivity contribution >= 4 is 0 Å². The molecule has 1 fully saturated rings. The first-order valence-corrected chi connectivity index (χ1v) is 8.79. The number of rotatable bonds is 5. The van der Waals surface area contributed by atoms with E-state index < -0.39 is 5.54 Å². The second-order valence-electron chi connectivity index (χ2n) is 7.28. The van der Waals surface area contributed by atoms with Crippen LogP contribution in [0.2, 0.25) is 0 Å². The van der Waals surface area contributed by atoms with Gasteiger partial charge in [0.25, 0.3) is 5.89 Å². The third-order valence-electron chi connectivity index (χ3n) is 4.83. The lowest BCUT2D eigenvalue weighted by molar-refractivity contribution is 0.173. The number of hydrogen-bond donors (Lipinski definition) is 1. The minimum Gasteiger partial charge on any atom is -0.481 e. The van der Waals surface area contributed by atoms with E-state index in [0.29, 0.717) is 17.6 Å². The molecule has 0 saturated heterocycles. The van der Waals surface area contributed by atoms with E-state index >= 15 is 0 Å². The van der Waals surface area contributed by atoms with E-state index in [2.05, 4.69) is 49.1 Å². The molecule has 5 heteroatoms. The minimum absolute atomic E-state index is 0.310. The molecule has 3 rings (SSSR count). The fourth-order valence-corrected chi connectivity index (χ4v) is 3.29. The van der Waals surface area contributed by atoms with Crippen molar-refractivity contribution in [3.63, 3.8) is 0 Å². The Morgan fingerprint density at radius 1 is 1.21 bits per heavy atom. The number of aryl methyl sites for hydroxylation is 1. The van der Waals surface area contributed by atoms with Crippen molar-refractivity contribution < 1.29 is 9.26 Å². The van der Waals surface area contributed by atoms with E-state index in [1.54, 1.807) is 0 Å². The van der Waals surface area contributed by atoms with E-state index in [1.165, 1.54) is 11.1 Å². The zero-order valence-corrected chi connectivity index (χ0v) is 15.0. The molecule has 0 radical (unpaired) electrons. The lowest BCUT2D eigenvalue weighted by Gasteiger charge is -2.18. The Bertz CT molecular complexity index is 702. The van der Waals surface area contributed by atoms with Gasteiger partial charge >= 0.3 is 0 Å². The van der Waals surface area contributed by atoms with Crippen LogP contribution in [0.4, 0.5) is 0 Å². The first-order valence-electron chi connectivity index (χ1n) is 8.79.